The van der Waals surface area contributed by atoms with E-state index in [2.05, 4.69) is 9.47 Å². The molecule has 1 unspecified atom stereocenters. The van der Waals surface area contributed by atoms with E-state index in [1.165, 1.54) is 12.8 Å². The van der Waals surface area contributed by atoms with Gasteiger partial charge in [0.2, 0.25) is 0 Å². The standard InChI is InChI=1S/C3H7OP/c5-4-3-1-2-3/h3H,1-2,5H2. The molecular formula is C3H7OP. The summed E-state index contributed by atoms with van der Waals surface area (Å²) in [4.78, 5) is 0. The van der Waals surface area contributed by atoms with Crippen molar-refractivity contribution in [1.29, 1.82) is 0 Å². The molecule has 0 saturated heterocycles. The van der Waals surface area contributed by atoms with Gasteiger partial charge in [-0.25, -0.2) is 0 Å². The molecule has 1 atom stereocenters. The van der Waals surface area contributed by atoms with Crippen molar-refractivity contribution < 1.29 is 4.52 Å². The number of hydrogen-bond acceptors (Lipinski definition) is 1. The first-order valence-electron chi connectivity index (χ1n) is 1.79. The van der Waals surface area contributed by atoms with Crippen LogP contribution >= 0.6 is 9.47 Å². The molecule has 1 saturated carbocycles. The van der Waals surface area contributed by atoms with Crippen LogP contribution in [0.25, 0.3) is 0 Å². The molecule has 0 aromatic rings. The Hall–Kier alpha value is 0.390. The third kappa shape index (κ3) is 0.863. The average molecular weight is 90.1 g/mol. The van der Waals surface area contributed by atoms with Crippen molar-refractivity contribution in [2.75, 3.05) is 0 Å². The van der Waals surface area contributed by atoms with E-state index in [9.17, 15) is 0 Å². The third-order valence-electron chi connectivity index (χ3n) is 0.717. The Morgan fingerprint density at radius 1 is 1.60 bits per heavy atom. The van der Waals surface area contributed by atoms with Crippen molar-refractivity contribution in [3.8, 4) is 0 Å². The van der Waals surface area contributed by atoms with Gasteiger partial charge in [0.15, 0.2) is 0 Å². The van der Waals surface area contributed by atoms with Crippen molar-refractivity contribution in [1.82, 2.24) is 0 Å². The lowest BCUT2D eigenvalue weighted by molar-refractivity contribution is 0.358. The topological polar surface area (TPSA) is 9.23 Å². The van der Waals surface area contributed by atoms with Gasteiger partial charge in [-0.3, -0.25) is 0 Å². The van der Waals surface area contributed by atoms with Crippen molar-refractivity contribution in [2.24, 2.45) is 0 Å². The van der Waals surface area contributed by atoms with Crippen molar-refractivity contribution in [2.45, 2.75) is 18.9 Å². The maximum atomic E-state index is 4.78. The maximum absolute atomic E-state index is 4.78. The second-order valence-electron chi connectivity index (χ2n) is 1.34. The van der Waals surface area contributed by atoms with Gasteiger partial charge in [0, 0.05) is 9.47 Å². The summed E-state index contributed by atoms with van der Waals surface area (Å²) >= 11 is 0. The van der Waals surface area contributed by atoms with Gasteiger partial charge in [-0.15, -0.1) is 0 Å². The first-order chi connectivity index (χ1) is 2.43. The molecule has 0 N–H and O–H groups in total. The molecule has 1 rings (SSSR count). The van der Waals surface area contributed by atoms with Crippen LogP contribution in [0.15, 0.2) is 0 Å². The summed E-state index contributed by atoms with van der Waals surface area (Å²) in [6.45, 7) is 0. The van der Waals surface area contributed by atoms with Crippen LogP contribution in [0.4, 0.5) is 0 Å². The van der Waals surface area contributed by atoms with E-state index in [-0.39, 0.29) is 0 Å². The van der Waals surface area contributed by atoms with Gasteiger partial charge in [-0.2, -0.15) is 0 Å². The zero-order valence-electron chi connectivity index (χ0n) is 2.98. The van der Waals surface area contributed by atoms with Gasteiger partial charge < -0.3 is 4.52 Å². The monoisotopic (exact) mass is 90.0 g/mol. The van der Waals surface area contributed by atoms with Gasteiger partial charge in [0.05, 0.1) is 6.10 Å². The summed E-state index contributed by atoms with van der Waals surface area (Å²) in [6, 6.07) is 0. The molecule has 30 valence electrons. The highest BCUT2D eigenvalue weighted by molar-refractivity contribution is 7.09. The van der Waals surface area contributed by atoms with E-state index in [4.69, 9.17) is 4.52 Å². The molecule has 0 radical (unpaired) electrons. The van der Waals surface area contributed by atoms with E-state index >= 15 is 0 Å². The van der Waals surface area contributed by atoms with Crippen molar-refractivity contribution in [3.05, 3.63) is 0 Å². The van der Waals surface area contributed by atoms with Crippen LogP contribution in [0.3, 0.4) is 0 Å². The van der Waals surface area contributed by atoms with Crippen LogP contribution in [0.2, 0.25) is 0 Å². The van der Waals surface area contributed by atoms with Gasteiger partial charge in [0.25, 0.3) is 0 Å². The predicted octanol–water partition coefficient (Wildman–Crippen LogP) is 0.955. The Morgan fingerprint density at radius 3 is 2.20 bits per heavy atom. The lowest BCUT2D eigenvalue weighted by atomic mass is 10.9. The lowest BCUT2D eigenvalue weighted by Gasteiger charge is -1.80. The Bertz CT molecular complexity index is 33.9. The minimum absolute atomic E-state index is 0.597. The summed E-state index contributed by atoms with van der Waals surface area (Å²) in [5.41, 5.74) is 0. The fourth-order valence-corrected chi connectivity index (χ4v) is 0.476. The largest absolute Gasteiger partial charge is 0.362 e. The Labute approximate surface area is 34.0 Å². The molecule has 0 aromatic carbocycles. The molecular weight excluding hydrogens is 83.0 g/mol. The minimum atomic E-state index is 0.597. The minimum Gasteiger partial charge on any atom is -0.362 e. The molecule has 0 amide bonds. The maximum Gasteiger partial charge on any atom is 0.0612 e. The van der Waals surface area contributed by atoms with Gasteiger partial charge in [-0.1, -0.05) is 0 Å². The second-order valence-corrected chi connectivity index (χ2v) is 1.61. The molecule has 0 bridgehead atoms. The molecule has 2 heteroatoms. The zero-order valence-corrected chi connectivity index (χ0v) is 4.13. The highest BCUT2D eigenvalue weighted by atomic mass is 31.0. The summed E-state index contributed by atoms with van der Waals surface area (Å²) in [5.74, 6) is 0. The van der Waals surface area contributed by atoms with E-state index in [0.717, 1.165) is 0 Å². The SMILES string of the molecule is POC1CC1. The molecule has 0 aliphatic heterocycles. The normalized spacial score (nSPS) is 23.4. The van der Waals surface area contributed by atoms with Crippen molar-refractivity contribution in [3.63, 3.8) is 0 Å². The second kappa shape index (κ2) is 1.24. The van der Waals surface area contributed by atoms with Gasteiger partial charge >= 0.3 is 0 Å². The molecule has 0 spiro atoms. The molecule has 1 aliphatic rings. The smallest absolute Gasteiger partial charge is 0.0612 e. The third-order valence-corrected chi connectivity index (χ3v) is 1.10. The van der Waals surface area contributed by atoms with E-state index in [1.54, 1.807) is 0 Å². The molecule has 0 heterocycles. The fourth-order valence-electron chi connectivity index (χ4n) is 0.204. The molecule has 0 aromatic heterocycles. The van der Waals surface area contributed by atoms with Crippen LogP contribution < -0.4 is 0 Å². The van der Waals surface area contributed by atoms with Crippen LogP contribution in [-0.4, -0.2) is 6.10 Å². The predicted molar refractivity (Wildman–Crippen MR) is 23.8 cm³/mol. The summed E-state index contributed by atoms with van der Waals surface area (Å²) < 4.78 is 4.78. The highest BCUT2D eigenvalue weighted by Gasteiger charge is 2.19. The summed E-state index contributed by atoms with van der Waals surface area (Å²) in [6.07, 6.45) is 3.13. The van der Waals surface area contributed by atoms with E-state index < -0.39 is 0 Å². The van der Waals surface area contributed by atoms with Crippen LogP contribution in [-0.2, 0) is 4.52 Å². The Balaban J connectivity index is 2.00. The fraction of sp³-hybridized carbons (Fsp3) is 1.00. The molecule has 1 aliphatic carbocycles. The highest BCUT2D eigenvalue weighted by Crippen LogP contribution is 2.25. The quantitative estimate of drug-likeness (QED) is 0.435. The lowest BCUT2D eigenvalue weighted by Crippen LogP contribution is -1.71. The van der Waals surface area contributed by atoms with E-state index in [1.807, 2.05) is 0 Å². The van der Waals surface area contributed by atoms with Crippen LogP contribution in [0.5, 0.6) is 0 Å². The number of hydrogen-bond donors (Lipinski definition) is 0. The first kappa shape index (κ1) is 3.58. The Morgan fingerprint density at radius 2 is 2.20 bits per heavy atom. The first-order valence-corrected chi connectivity index (χ1v) is 2.26. The molecule has 5 heavy (non-hydrogen) atoms. The van der Waals surface area contributed by atoms with Gasteiger partial charge in [-0.05, 0) is 12.8 Å². The van der Waals surface area contributed by atoms with Crippen molar-refractivity contribution >= 4 is 9.47 Å². The van der Waals surface area contributed by atoms with Crippen LogP contribution in [0.1, 0.15) is 12.8 Å². The Kier molecular flexibility index (Phi) is 0.884. The summed E-state index contributed by atoms with van der Waals surface area (Å²) in [5, 5.41) is 0. The van der Waals surface area contributed by atoms with E-state index in [0.29, 0.717) is 6.10 Å². The van der Waals surface area contributed by atoms with Crippen LogP contribution in [0, 0.1) is 0 Å². The van der Waals surface area contributed by atoms with Gasteiger partial charge in [0.1, 0.15) is 0 Å². The molecule has 1 fully saturated rings. The zero-order chi connectivity index (χ0) is 3.70. The molecule has 1 nitrogen and oxygen atoms in total. The summed E-state index contributed by atoms with van der Waals surface area (Å²) in [7, 11) is 2.26. The number of rotatable bonds is 1. The average Bonchev–Trinajstić information content (AvgIpc) is 2.12.